The summed E-state index contributed by atoms with van der Waals surface area (Å²) in [7, 11) is 0. The number of hydrogen-bond acceptors (Lipinski definition) is 3. The van der Waals surface area contributed by atoms with E-state index in [1.54, 1.807) is 0 Å². The van der Waals surface area contributed by atoms with E-state index in [9.17, 15) is 4.79 Å². The molecule has 2 aliphatic heterocycles. The summed E-state index contributed by atoms with van der Waals surface area (Å²) in [5.74, 6) is 1.70. The molecule has 0 radical (unpaired) electrons. The summed E-state index contributed by atoms with van der Waals surface area (Å²) in [6.45, 7) is 7.67. The second-order valence-corrected chi connectivity index (χ2v) is 7.00. The number of piperidine rings is 2. The molecule has 1 N–H and O–H groups in total. The lowest BCUT2D eigenvalue weighted by Gasteiger charge is -2.38. The zero-order chi connectivity index (χ0) is 13.0. The maximum atomic E-state index is 12.3. The van der Waals surface area contributed by atoms with E-state index in [-0.39, 0.29) is 0 Å². The fourth-order valence-corrected chi connectivity index (χ4v) is 4.03. The molecule has 2 atom stereocenters. The molecule has 1 amide bonds. The van der Waals surface area contributed by atoms with Crippen LogP contribution in [0.25, 0.3) is 0 Å². The van der Waals surface area contributed by atoms with Gasteiger partial charge in [-0.1, -0.05) is 6.92 Å². The van der Waals surface area contributed by atoms with Crippen LogP contribution in [0.3, 0.4) is 0 Å². The van der Waals surface area contributed by atoms with Crippen LogP contribution in [-0.2, 0) is 4.79 Å². The average molecular weight is 270 g/mol. The van der Waals surface area contributed by atoms with Gasteiger partial charge in [-0.2, -0.15) is 0 Å². The molecule has 0 aromatic carbocycles. The Balaban J connectivity index is 1.76. The van der Waals surface area contributed by atoms with Crippen molar-refractivity contribution in [1.82, 2.24) is 10.2 Å². The van der Waals surface area contributed by atoms with Crippen LogP contribution in [0.1, 0.15) is 39.5 Å². The van der Waals surface area contributed by atoms with Gasteiger partial charge in [0.2, 0.25) is 5.91 Å². The van der Waals surface area contributed by atoms with Gasteiger partial charge in [-0.3, -0.25) is 4.79 Å². The molecule has 2 unspecified atom stereocenters. The first-order valence-electron chi connectivity index (χ1n) is 7.30. The van der Waals surface area contributed by atoms with E-state index in [0.29, 0.717) is 28.9 Å². The minimum absolute atomic E-state index is 0.359. The molecular weight excluding hydrogens is 244 g/mol. The molecule has 2 aliphatic rings. The van der Waals surface area contributed by atoms with Gasteiger partial charge in [0.15, 0.2) is 0 Å². The largest absolute Gasteiger partial charge is 0.339 e. The maximum Gasteiger partial charge on any atom is 0.232 e. The van der Waals surface area contributed by atoms with E-state index < -0.39 is 0 Å². The van der Waals surface area contributed by atoms with Crippen molar-refractivity contribution in [3.05, 3.63) is 0 Å². The Kier molecular flexibility index (Phi) is 5.37. The van der Waals surface area contributed by atoms with Crippen molar-refractivity contribution in [2.75, 3.05) is 25.4 Å². The maximum absolute atomic E-state index is 12.3. The number of hydrogen-bond donors (Lipinski definition) is 1. The Morgan fingerprint density at radius 1 is 1.28 bits per heavy atom. The van der Waals surface area contributed by atoms with E-state index in [0.717, 1.165) is 19.6 Å². The van der Waals surface area contributed by atoms with Gasteiger partial charge in [-0.05, 0) is 51.6 Å². The van der Waals surface area contributed by atoms with Crippen LogP contribution < -0.4 is 5.32 Å². The van der Waals surface area contributed by atoms with Crippen LogP contribution in [0.5, 0.6) is 0 Å². The SMILES string of the molecule is CC1CCCN(C(=O)CSC2CCNCC2)C1C. The van der Waals surface area contributed by atoms with Gasteiger partial charge < -0.3 is 10.2 Å². The number of nitrogens with zero attached hydrogens (tertiary/aromatic N) is 1. The Hall–Kier alpha value is -0.220. The van der Waals surface area contributed by atoms with E-state index in [2.05, 4.69) is 24.1 Å². The summed E-state index contributed by atoms with van der Waals surface area (Å²) in [4.78, 5) is 14.4. The molecule has 3 nitrogen and oxygen atoms in total. The number of likely N-dealkylation sites (tertiary alicyclic amines) is 1. The lowest BCUT2D eigenvalue weighted by molar-refractivity contribution is -0.132. The molecular formula is C14H26N2OS. The Bertz CT molecular complexity index is 279. The summed E-state index contributed by atoms with van der Waals surface area (Å²) in [6.07, 6.45) is 4.87. The number of carbonyl (C=O) groups is 1. The Morgan fingerprint density at radius 2 is 2.00 bits per heavy atom. The highest BCUT2D eigenvalue weighted by Crippen LogP contribution is 2.25. The third-order valence-electron chi connectivity index (χ3n) is 4.42. The van der Waals surface area contributed by atoms with Crippen molar-refractivity contribution in [2.45, 2.75) is 50.8 Å². The normalized spacial score (nSPS) is 30.4. The third-order valence-corrected chi connectivity index (χ3v) is 5.78. The van der Waals surface area contributed by atoms with Crippen LogP contribution in [0.15, 0.2) is 0 Å². The van der Waals surface area contributed by atoms with Gasteiger partial charge in [0.25, 0.3) is 0 Å². The standard InChI is InChI=1S/C14H26N2OS/c1-11-4-3-9-16(12(11)2)14(17)10-18-13-5-7-15-8-6-13/h11-13,15H,3-10H2,1-2H3. The minimum atomic E-state index is 0.359. The number of carbonyl (C=O) groups excluding carboxylic acids is 1. The predicted molar refractivity (Wildman–Crippen MR) is 77.9 cm³/mol. The molecule has 2 fully saturated rings. The topological polar surface area (TPSA) is 32.3 Å². The fraction of sp³-hybridized carbons (Fsp3) is 0.929. The van der Waals surface area contributed by atoms with Crippen LogP contribution in [0.2, 0.25) is 0 Å². The number of amides is 1. The first kappa shape index (κ1) is 14.2. The van der Waals surface area contributed by atoms with Gasteiger partial charge in [0, 0.05) is 17.8 Å². The molecule has 0 aromatic rings. The second kappa shape index (κ2) is 6.80. The molecule has 2 heterocycles. The summed E-state index contributed by atoms with van der Waals surface area (Å²) < 4.78 is 0. The smallest absolute Gasteiger partial charge is 0.232 e. The molecule has 0 saturated carbocycles. The van der Waals surface area contributed by atoms with Crippen molar-refractivity contribution in [3.8, 4) is 0 Å². The monoisotopic (exact) mass is 270 g/mol. The van der Waals surface area contributed by atoms with Gasteiger partial charge >= 0.3 is 0 Å². The van der Waals surface area contributed by atoms with Gasteiger partial charge in [0.1, 0.15) is 0 Å². The van der Waals surface area contributed by atoms with Crippen LogP contribution >= 0.6 is 11.8 Å². The van der Waals surface area contributed by atoms with E-state index in [1.165, 1.54) is 25.7 Å². The van der Waals surface area contributed by atoms with Crippen molar-refractivity contribution < 1.29 is 4.79 Å². The third kappa shape index (κ3) is 3.64. The van der Waals surface area contributed by atoms with Crippen molar-refractivity contribution in [2.24, 2.45) is 5.92 Å². The molecule has 0 bridgehead atoms. The van der Waals surface area contributed by atoms with Crippen molar-refractivity contribution in [3.63, 3.8) is 0 Å². The predicted octanol–water partition coefficient (Wildman–Crippen LogP) is 2.12. The first-order chi connectivity index (χ1) is 8.68. The summed E-state index contributed by atoms with van der Waals surface area (Å²) in [6, 6.07) is 0.430. The summed E-state index contributed by atoms with van der Waals surface area (Å²) in [5, 5.41) is 4.06. The molecule has 0 aliphatic carbocycles. The molecule has 0 spiro atoms. The highest BCUT2D eigenvalue weighted by molar-refractivity contribution is 8.00. The molecule has 0 aromatic heterocycles. The second-order valence-electron chi connectivity index (χ2n) is 5.71. The van der Waals surface area contributed by atoms with Gasteiger partial charge in [-0.25, -0.2) is 0 Å². The quantitative estimate of drug-likeness (QED) is 0.852. The zero-order valence-corrected chi connectivity index (χ0v) is 12.5. The van der Waals surface area contributed by atoms with Crippen LogP contribution in [-0.4, -0.2) is 47.5 Å². The Morgan fingerprint density at radius 3 is 2.72 bits per heavy atom. The number of rotatable bonds is 3. The molecule has 18 heavy (non-hydrogen) atoms. The summed E-state index contributed by atoms with van der Waals surface area (Å²) >= 11 is 1.87. The van der Waals surface area contributed by atoms with Crippen LogP contribution in [0, 0.1) is 5.92 Å². The Labute approximate surface area is 115 Å². The average Bonchev–Trinajstić information content (AvgIpc) is 2.40. The van der Waals surface area contributed by atoms with Crippen LogP contribution in [0.4, 0.5) is 0 Å². The lowest BCUT2D eigenvalue weighted by Crippen LogP contribution is -2.47. The molecule has 104 valence electrons. The minimum Gasteiger partial charge on any atom is -0.339 e. The number of nitrogens with one attached hydrogen (secondary N) is 1. The lowest BCUT2D eigenvalue weighted by atomic mass is 9.92. The highest BCUT2D eigenvalue weighted by Gasteiger charge is 2.28. The van der Waals surface area contributed by atoms with Crippen molar-refractivity contribution >= 4 is 17.7 Å². The van der Waals surface area contributed by atoms with E-state index in [1.807, 2.05) is 11.8 Å². The summed E-state index contributed by atoms with van der Waals surface area (Å²) in [5.41, 5.74) is 0. The van der Waals surface area contributed by atoms with Gasteiger partial charge in [-0.15, -0.1) is 11.8 Å². The molecule has 2 saturated heterocycles. The molecule has 2 rings (SSSR count). The first-order valence-corrected chi connectivity index (χ1v) is 8.35. The van der Waals surface area contributed by atoms with E-state index in [4.69, 9.17) is 0 Å². The fourth-order valence-electron chi connectivity index (χ4n) is 2.92. The van der Waals surface area contributed by atoms with Gasteiger partial charge in [0.05, 0.1) is 5.75 Å². The molecule has 4 heteroatoms. The zero-order valence-electron chi connectivity index (χ0n) is 11.7. The highest BCUT2D eigenvalue weighted by atomic mass is 32.2. The number of thioether (sulfide) groups is 1. The van der Waals surface area contributed by atoms with Crippen molar-refractivity contribution in [1.29, 1.82) is 0 Å². The van der Waals surface area contributed by atoms with E-state index >= 15 is 0 Å².